The number of carbonyl (C=O) groups excluding carboxylic acids is 1. The van der Waals surface area contributed by atoms with Crippen LogP contribution in [0.25, 0.3) is 0 Å². The van der Waals surface area contributed by atoms with Crippen molar-refractivity contribution in [3.8, 4) is 0 Å². The zero-order valence-corrected chi connectivity index (χ0v) is 7.92. The predicted octanol–water partition coefficient (Wildman–Crippen LogP) is 0.450. The van der Waals surface area contributed by atoms with Crippen molar-refractivity contribution in [1.82, 2.24) is 4.90 Å². The Bertz CT molecular complexity index is 170. The lowest BCUT2D eigenvalue weighted by molar-refractivity contribution is -0.121. The van der Waals surface area contributed by atoms with Gasteiger partial charge in [0.05, 0.1) is 0 Å². The van der Waals surface area contributed by atoms with E-state index in [9.17, 15) is 4.79 Å². The van der Waals surface area contributed by atoms with Gasteiger partial charge < -0.3 is 10.6 Å². The Balaban J connectivity index is 2.27. The minimum atomic E-state index is -0.162. The molecule has 1 amide bonds. The maximum absolute atomic E-state index is 10.8. The fourth-order valence-electron chi connectivity index (χ4n) is 1.83. The zero-order valence-electron chi connectivity index (χ0n) is 7.92. The van der Waals surface area contributed by atoms with E-state index in [0.29, 0.717) is 5.92 Å². The summed E-state index contributed by atoms with van der Waals surface area (Å²) in [5, 5.41) is 0. The Morgan fingerprint density at radius 3 is 2.83 bits per heavy atom. The normalized spacial score (nSPS) is 27.3. The van der Waals surface area contributed by atoms with Crippen molar-refractivity contribution in [2.75, 3.05) is 20.1 Å². The third kappa shape index (κ3) is 2.48. The van der Waals surface area contributed by atoms with E-state index in [1.54, 1.807) is 0 Å². The number of carbonyl (C=O) groups is 1. The van der Waals surface area contributed by atoms with Crippen LogP contribution >= 0.6 is 0 Å². The molecular formula is C9H18N2O. The summed E-state index contributed by atoms with van der Waals surface area (Å²) in [5.74, 6) is 0.559. The van der Waals surface area contributed by atoms with Gasteiger partial charge >= 0.3 is 0 Å². The standard InChI is InChI=1S/C9H18N2O/c1-7(9(10)12)5-8-3-4-11(2)6-8/h7-8H,3-6H2,1-2H3,(H2,10,12). The van der Waals surface area contributed by atoms with Gasteiger partial charge in [-0.3, -0.25) is 4.79 Å². The van der Waals surface area contributed by atoms with Crippen molar-refractivity contribution in [3.63, 3.8) is 0 Å². The molecule has 3 heteroatoms. The quantitative estimate of drug-likeness (QED) is 0.668. The molecule has 1 fully saturated rings. The number of hydrogen-bond donors (Lipinski definition) is 1. The van der Waals surface area contributed by atoms with Crippen LogP contribution in [-0.4, -0.2) is 30.9 Å². The first-order valence-corrected chi connectivity index (χ1v) is 4.57. The highest BCUT2D eigenvalue weighted by molar-refractivity contribution is 5.76. The van der Waals surface area contributed by atoms with Gasteiger partial charge in [0.15, 0.2) is 0 Å². The molecule has 0 radical (unpaired) electrons. The minimum absolute atomic E-state index is 0.0431. The molecule has 12 heavy (non-hydrogen) atoms. The fraction of sp³-hybridized carbons (Fsp3) is 0.889. The zero-order chi connectivity index (χ0) is 9.14. The van der Waals surface area contributed by atoms with E-state index in [-0.39, 0.29) is 11.8 Å². The minimum Gasteiger partial charge on any atom is -0.369 e. The second-order valence-corrected chi connectivity index (χ2v) is 3.96. The molecule has 2 N–H and O–H groups in total. The van der Waals surface area contributed by atoms with Gasteiger partial charge in [-0.1, -0.05) is 6.92 Å². The molecule has 1 aliphatic rings. The molecule has 0 bridgehead atoms. The first-order chi connectivity index (χ1) is 5.59. The van der Waals surface area contributed by atoms with Gasteiger partial charge in [0.1, 0.15) is 0 Å². The monoisotopic (exact) mass is 170 g/mol. The van der Waals surface area contributed by atoms with E-state index in [2.05, 4.69) is 11.9 Å². The van der Waals surface area contributed by atoms with Crippen molar-refractivity contribution in [2.45, 2.75) is 19.8 Å². The molecule has 0 spiro atoms. The number of primary amides is 1. The molecule has 0 aromatic carbocycles. The molecule has 0 saturated carbocycles. The van der Waals surface area contributed by atoms with E-state index < -0.39 is 0 Å². The molecule has 2 atom stereocenters. The van der Waals surface area contributed by atoms with Gasteiger partial charge in [-0.05, 0) is 32.4 Å². The number of rotatable bonds is 3. The lowest BCUT2D eigenvalue weighted by Crippen LogP contribution is -2.24. The predicted molar refractivity (Wildman–Crippen MR) is 48.6 cm³/mol. The number of nitrogens with zero attached hydrogens (tertiary/aromatic N) is 1. The number of nitrogens with two attached hydrogens (primary N) is 1. The molecule has 1 rings (SSSR count). The molecule has 3 nitrogen and oxygen atoms in total. The summed E-state index contributed by atoms with van der Waals surface area (Å²) in [5.41, 5.74) is 5.20. The van der Waals surface area contributed by atoms with Crippen LogP contribution in [0, 0.1) is 11.8 Å². The molecule has 70 valence electrons. The van der Waals surface area contributed by atoms with Crippen LogP contribution in [0.4, 0.5) is 0 Å². The maximum Gasteiger partial charge on any atom is 0.220 e. The fourth-order valence-corrected chi connectivity index (χ4v) is 1.83. The second kappa shape index (κ2) is 3.90. The average Bonchev–Trinajstić information content (AvgIpc) is 2.35. The Morgan fingerprint density at radius 1 is 1.75 bits per heavy atom. The number of likely N-dealkylation sites (tertiary alicyclic amines) is 1. The van der Waals surface area contributed by atoms with Crippen molar-refractivity contribution in [3.05, 3.63) is 0 Å². The van der Waals surface area contributed by atoms with Crippen LogP contribution < -0.4 is 5.73 Å². The van der Waals surface area contributed by atoms with Gasteiger partial charge in [-0.2, -0.15) is 0 Å². The summed E-state index contributed by atoms with van der Waals surface area (Å²) in [6.45, 7) is 4.20. The molecule has 2 unspecified atom stereocenters. The number of hydrogen-bond acceptors (Lipinski definition) is 2. The van der Waals surface area contributed by atoms with E-state index in [4.69, 9.17) is 5.73 Å². The number of amides is 1. The summed E-state index contributed by atoms with van der Waals surface area (Å²) in [4.78, 5) is 13.1. The molecule has 0 aromatic rings. The van der Waals surface area contributed by atoms with Crippen molar-refractivity contribution in [1.29, 1.82) is 0 Å². The molecule has 1 heterocycles. The second-order valence-electron chi connectivity index (χ2n) is 3.96. The Labute approximate surface area is 73.9 Å². The van der Waals surface area contributed by atoms with E-state index in [1.807, 2.05) is 6.92 Å². The van der Waals surface area contributed by atoms with E-state index in [1.165, 1.54) is 6.42 Å². The molecule has 0 aliphatic carbocycles. The third-order valence-corrected chi connectivity index (χ3v) is 2.66. The maximum atomic E-state index is 10.8. The van der Waals surface area contributed by atoms with Crippen LogP contribution in [0.1, 0.15) is 19.8 Å². The van der Waals surface area contributed by atoms with Crippen LogP contribution in [0.2, 0.25) is 0 Å². The Morgan fingerprint density at radius 2 is 2.42 bits per heavy atom. The Hall–Kier alpha value is -0.570. The lowest BCUT2D eigenvalue weighted by Gasteiger charge is -2.13. The largest absolute Gasteiger partial charge is 0.369 e. The Kier molecular flexibility index (Phi) is 3.09. The highest BCUT2D eigenvalue weighted by atomic mass is 16.1. The first-order valence-electron chi connectivity index (χ1n) is 4.57. The topological polar surface area (TPSA) is 46.3 Å². The summed E-state index contributed by atoms with van der Waals surface area (Å²) < 4.78 is 0. The third-order valence-electron chi connectivity index (χ3n) is 2.66. The highest BCUT2D eigenvalue weighted by Crippen LogP contribution is 2.21. The highest BCUT2D eigenvalue weighted by Gasteiger charge is 2.22. The van der Waals surface area contributed by atoms with E-state index in [0.717, 1.165) is 19.5 Å². The molecule has 0 aromatic heterocycles. The summed E-state index contributed by atoms with van der Waals surface area (Å²) in [6.07, 6.45) is 2.17. The van der Waals surface area contributed by atoms with Crippen molar-refractivity contribution < 1.29 is 4.79 Å². The van der Waals surface area contributed by atoms with Crippen molar-refractivity contribution in [2.24, 2.45) is 17.6 Å². The van der Waals surface area contributed by atoms with Gasteiger partial charge in [0.2, 0.25) is 5.91 Å². The first kappa shape index (κ1) is 9.52. The van der Waals surface area contributed by atoms with Crippen LogP contribution in [-0.2, 0) is 4.79 Å². The van der Waals surface area contributed by atoms with Crippen molar-refractivity contribution >= 4 is 5.91 Å². The molecule has 1 aliphatic heterocycles. The lowest BCUT2D eigenvalue weighted by atomic mass is 9.95. The van der Waals surface area contributed by atoms with Gasteiger partial charge in [0.25, 0.3) is 0 Å². The summed E-state index contributed by atoms with van der Waals surface area (Å²) >= 11 is 0. The molecular weight excluding hydrogens is 152 g/mol. The van der Waals surface area contributed by atoms with Gasteiger partial charge in [-0.15, -0.1) is 0 Å². The van der Waals surface area contributed by atoms with Gasteiger partial charge in [-0.25, -0.2) is 0 Å². The summed E-state index contributed by atoms with van der Waals surface area (Å²) in [7, 11) is 2.12. The van der Waals surface area contributed by atoms with Gasteiger partial charge in [0, 0.05) is 12.5 Å². The SMILES string of the molecule is CC(CC1CCN(C)C1)C(N)=O. The van der Waals surface area contributed by atoms with Crippen LogP contribution in [0.15, 0.2) is 0 Å². The summed E-state index contributed by atoms with van der Waals surface area (Å²) in [6, 6.07) is 0. The molecule has 1 saturated heterocycles. The smallest absolute Gasteiger partial charge is 0.220 e. The van der Waals surface area contributed by atoms with Crippen LogP contribution in [0.5, 0.6) is 0 Å². The average molecular weight is 170 g/mol. The van der Waals surface area contributed by atoms with Crippen LogP contribution in [0.3, 0.4) is 0 Å². The van der Waals surface area contributed by atoms with E-state index >= 15 is 0 Å².